The Morgan fingerprint density at radius 1 is 0.853 bits per heavy atom. The minimum absolute atomic E-state index is 0.00233. The molecule has 0 aromatic heterocycles. The summed E-state index contributed by atoms with van der Waals surface area (Å²) in [5, 5.41) is 25.4. The highest BCUT2D eigenvalue weighted by Gasteiger charge is 2.29. The lowest BCUT2D eigenvalue weighted by atomic mass is 10.0. The first-order chi connectivity index (χ1) is 15.7. The molecule has 0 aromatic rings. The molecule has 194 valence electrons. The number of aliphatic carboxylic acids is 2. The number of nitrogens with one attached hydrogen (secondary N) is 3. The van der Waals surface area contributed by atoms with Gasteiger partial charge in [-0.15, -0.1) is 0 Å². The largest absolute Gasteiger partial charge is 0.481 e. The van der Waals surface area contributed by atoms with Crippen LogP contribution in [0.4, 0.5) is 0 Å². The van der Waals surface area contributed by atoms with Crippen LogP contribution >= 0.6 is 0 Å². The van der Waals surface area contributed by atoms with Gasteiger partial charge in [-0.05, 0) is 38.5 Å². The van der Waals surface area contributed by atoms with E-state index in [1.165, 1.54) is 6.92 Å². The van der Waals surface area contributed by atoms with Crippen molar-refractivity contribution < 1.29 is 34.2 Å². The van der Waals surface area contributed by atoms with Gasteiger partial charge in [-0.3, -0.25) is 24.2 Å². The van der Waals surface area contributed by atoms with Gasteiger partial charge in [0.1, 0.15) is 18.1 Å². The normalized spacial score (nSPS) is 14.3. The number of carbonyl (C=O) groups excluding carboxylic acids is 3. The third-order valence-electron chi connectivity index (χ3n) is 4.65. The molecule has 0 saturated heterocycles. The van der Waals surface area contributed by atoms with Crippen LogP contribution in [0.5, 0.6) is 0 Å². The molecule has 0 heterocycles. The van der Waals surface area contributed by atoms with Crippen molar-refractivity contribution in [1.82, 2.24) is 16.0 Å². The second-order valence-corrected chi connectivity index (χ2v) is 8.31. The number of carboxylic acids is 2. The Hall–Kier alpha value is -3.42. The fourth-order valence-corrected chi connectivity index (χ4v) is 2.87. The molecule has 0 saturated carbocycles. The molecule has 0 bridgehead atoms. The highest BCUT2D eigenvalue weighted by Crippen LogP contribution is 2.05. The van der Waals surface area contributed by atoms with Crippen molar-refractivity contribution in [3.05, 3.63) is 0 Å². The Bertz CT molecular complexity index is 754. The molecule has 14 heteroatoms. The van der Waals surface area contributed by atoms with Crippen LogP contribution in [-0.2, 0) is 24.0 Å². The summed E-state index contributed by atoms with van der Waals surface area (Å²) >= 11 is 0. The molecule has 34 heavy (non-hydrogen) atoms. The predicted octanol–water partition coefficient (Wildman–Crippen LogP) is -2.16. The van der Waals surface area contributed by atoms with E-state index in [1.54, 1.807) is 0 Å². The van der Waals surface area contributed by atoms with Crippen molar-refractivity contribution in [1.29, 1.82) is 0 Å². The molecule has 0 aliphatic rings. The van der Waals surface area contributed by atoms with Crippen LogP contribution in [0.3, 0.4) is 0 Å². The Balaban J connectivity index is 5.18. The van der Waals surface area contributed by atoms with Crippen molar-refractivity contribution in [3.63, 3.8) is 0 Å². The molecular weight excluding hydrogens is 450 g/mol. The predicted molar refractivity (Wildman–Crippen MR) is 123 cm³/mol. The summed E-state index contributed by atoms with van der Waals surface area (Å²) in [5.74, 6) is -4.70. The van der Waals surface area contributed by atoms with E-state index in [4.69, 9.17) is 22.3 Å². The van der Waals surface area contributed by atoms with Gasteiger partial charge in [-0.1, -0.05) is 13.8 Å². The lowest BCUT2D eigenvalue weighted by molar-refractivity contribution is -0.143. The van der Waals surface area contributed by atoms with Crippen LogP contribution in [0.2, 0.25) is 0 Å². The van der Waals surface area contributed by atoms with E-state index in [9.17, 15) is 29.1 Å². The molecule has 14 nitrogen and oxygen atoms in total. The van der Waals surface area contributed by atoms with Crippen molar-refractivity contribution in [2.75, 3.05) is 6.54 Å². The Kier molecular flexibility index (Phi) is 13.9. The van der Waals surface area contributed by atoms with E-state index >= 15 is 0 Å². The van der Waals surface area contributed by atoms with E-state index in [1.807, 2.05) is 13.8 Å². The van der Waals surface area contributed by atoms with Crippen molar-refractivity contribution in [2.24, 2.45) is 28.1 Å². The molecule has 11 N–H and O–H groups in total. The topological polar surface area (TPSA) is 252 Å². The van der Waals surface area contributed by atoms with E-state index < -0.39 is 60.2 Å². The van der Waals surface area contributed by atoms with Crippen LogP contribution in [0.1, 0.15) is 52.9 Å². The van der Waals surface area contributed by atoms with Crippen molar-refractivity contribution in [3.8, 4) is 0 Å². The van der Waals surface area contributed by atoms with Crippen LogP contribution in [0.25, 0.3) is 0 Å². The van der Waals surface area contributed by atoms with Gasteiger partial charge >= 0.3 is 11.9 Å². The van der Waals surface area contributed by atoms with E-state index in [-0.39, 0.29) is 37.7 Å². The number of nitrogens with two attached hydrogens (primary N) is 3. The third kappa shape index (κ3) is 13.2. The third-order valence-corrected chi connectivity index (χ3v) is 4.65. The van der Waals surface area contributed by atoms with Crippen molar-refractivity contribution >= 4 is 35.6 Å². The second kappa shape index (κ2) is 15.4. The molecule has 0 aliphatic carbocycles. The maximum absolute atomic E-state index is 12.7. The molecule has 4 unspecified atom stereocenters. The molecule has 4 atom stereocenters. The number of rotatable bonds is 16. The van der Waals surface area contributed by atoms with E-state index in [0.717, 1.165) is 0 Å². The summed E-state index contributed by atoms with van der Waals surface area (Å²) in [4.78, 5) is 63.6. The first kappa shape index (κ1) is 30.6. The second-order valence-electron chi connectivity index (χ2n) is 8.31. The highest BCUT2D eigenvalue weighted by molar-refractivity contribution is 5.94. The molecule has 0 aliphatic heterocycles. The van der Waals surface area contributed by atoms with Gasteiger partial charge in [0.15, 0.2) is 5.96 Å². The quantitative estimate of drug-likeness (QED) is 0.0664. The number of carboxylic acid groups (broad SMARTS) is 2. The monoisotopic (exact) mass is 487 g/mol. The number of amides is 3. The van der Waals surface area contributed by atoms with Crippen LogP contribution in [-0.4, -0.2) is 76.5 Å². The molecule has 0 spiro atoms. The van der Waals surface area contributed by atoms with Gasteiger partial charge in [-0.25, -0.2) is 4.79 Å². The van der Waals surface area contributed by atoms with Gasteiger partial charge in [0.25, 0.3) is 0 Å². The molecule has 3 amide bonds. The number of hydrogen-bond donors (Lipinski definition) is 8. The Morgan fingerprint density at radius 2 is 1.44 bits per heavy atom. The number of carbonyl (C=O) groups is 5. The number of hydrogen-bond acceptors (Lipinski definition) is 7. The Labute approximate surface area is 198 Å². The lowest BCUT2D eigenvalue weighted by Gasteiger charge is -2.23. The zero-order chi connectivity index (χ0) is 26.4. The van der Waals surface area contributed by atoms with Crippen LogP contribution < -0.4 is 33.2 Å². The van der Waals surface area contributed by atoms with Gasteiger partial charge in [0, 0.05) is 13.0 Å². The molecule has 0 fully saturated rings. The van der Waals surface area contributed by atoms with Gasteiger partial charge in [0.2, 0.25) is 17.7 Å². The molecular formula is C20H37N7O7. The zero-order valence-electron chi connectivity index (χ0n) is 19.7. The van der Waals surface area contributed by atoms with Gasteiger partial charge in [0.05, 0.1) is 6.04 Å². The zero-order valence-corrected chi connectivity index (χ0v) is 19.7. The van der Waals surface area contributed by atoms with E-state index in [0.29, 0.717) is 6.42 Å². The molecule has 0 aromatic carbocycles. The summed E-state index contributed by atoms with van der Waals surface area (Å²) in [6.07, 6.45) is -0.0937. The number of nitrogens with zero attached hydrogens (tertiary/aromatic N) is 1. The Morgan fingerprint density at radius 3 is 1.94 bits per heavy atom. The highest BCUT2D eigenvalue weighted by atomic mass is 16.4. The number of guanidine groups is 1. The standard InChI is InChI=1S/C20H37N7O7/c1-10(2)9-12(21)17(31)25-11(3)16(30)26-13(6-7-15(28)29)18(32)27-14(19(33)34)5-4-8-24-20(22)23/h10-14H,4-9,21H2,1-3H3,(H,25,31)(H,26,30)(H,27,32)(H,28,29)(H,33,34)(H4,22,23,24). The summed E-state index contributed by atoms with van der Waals surface area (Å²) in [7, 11) is 0. The summed E-state index contributed by atoms with van der Waals surface area (Å²) < 4.78 is 0. The fraction of sp³-hybridized carbons (Fsp3) is 0.700. The minimum atomic E-state index is -1.34. The fourth-order valence-electron chi connectivity index (χ4n) is 2.87. The van der Waals surface area contributed by atoms with Crippen LogP contribution in [0.15, 0.2) is 4.99 Å². The average molecular weight is 488 g/mol. The average Bonchev–Trinajstić information content (AvgIpc) is 2.71. The molecule has 0 radical (unpaired) electrons. The minimum Gasteiger partial charge on any atom is -0.481 e. The van der Waals surface area contributed by atoms with Gasteiger partial charge in [-0.2, -0.15) is 0 Å². The van der Waals surface area contributed by atoms with Gasteiger partial charge < -0.3 is 43.4 Å². The van der Waals surface area contributed by atoms with Crippen LogP contribution in [0, 0.1) is 5.92 Å². The van der Waals surface area contributed by atoms with E-state index in [2.05, 4.69) is 20.9 Å². The maximum atomic E-state index is 12.7. The number of aliphatic imine (C=N–C) groups is 1. The smallest absolute Gasteiger partial charge is 0.326 e. The summed E-state index contributed by atoms with van der Waals surface area (Å²) in [6.45, 7) is 5.31. The lowest BCUT2D eigenvalue weighted by Crippen LogP contribution is -2.56. The first-order valence-corrected chi connectivity index (χ1v) is 10.9. The maximum Gasteiger partial charge on any atom is 0.326 e. The summed E-state index contributed by atoms with van der Waals surface area (Å²) in [5.41, 5.74) is 16.2. The van der Waals surface area contributed by atoms with Crippen molar-refractivity contribution in [2.45, 2.75) is 77.0 Å². The summed E-state index contributed by atoms with van der Waals surface area (Å²) in [6, 6.07) is -4.54. The first-order valence-electron chi connectivity index (χ1n) is 10.9. The SMILES string of the molecule is CC(C)CC(N)C(=O)NC(C)C(=O)NC(CCC(=O)O)C(=O)NC(CCCN=C(N)N)C(=O)O. The molecule has 0 rings (SSSR count).